The summed E-state index contributed by atoms with van der Waals surface area (Å²) in [4.78, 5) is 25.5. The Balaban J connectivity index is 1.33. The number of aryl methyl sites for hydroxylation is 3. The van der Waals surface area contributed by atoms with E-state index in [4.69, 9.17) is 4.74 Å². The van der Waals surface area contributed by atoms with Crippen LogP contribution in [0.15, 0.2) is 35.4 Å². The number of methoxy groups -OCH3 is 1. The van der Waals surface area contributed by atoms with Gasteiger partial charge in [-0.25, -0.2) is 4.98 Å². The molecule has 32 heavy (non-hydrogen) atoms. The molecule has 2 aromatic heterocycles. The number of rotatable bonds is 6. The van der Waals surface area contributed by atoms with Crippen molar-refractivity contribution >= 4 is 21.6 Å². The van der Waals surface area contributed by atoms with Gasteiger partial charge in [-0.2, -0.15) is 0 Å². The topological polar surface area (TPSA) is 50.6 Å². The summed E-state index contributed by atoms with van der Waals surface area (Å²) in [6, 6.07) is 8.64. The highest BCUT2D eigenvalue weighted by Crippen LogP contribution is 2.35. The number of likely N-dealkylation sites (N-methyl/N-ethyl adjacent to an activating group) is 1. The van der Waals surface area contributed by atoms with E-state index in [0.717, 1.165) is 66.8 Å². The van der Waals surface area contributed by atoms with Crippen LogP contribution in [0.5, 0.6) is 5.75 Å². The highest BCUT2D eigenvalue weighted by Gasteiger charge is 2.30. The molecule has 1 aliphatic heterocycles. The van der Waals surface area contributed by atoms with E-state index in [1.165, 1.54) is 23.5 Å². The molecule has 170 valence electrons. The Morgan fingerprint density at radius 1 is 1.22 bits per heavy atom. The van der Waals surface area contributed by atoms with Gasteiger partial charge >= 0.3 is 0 Å². The zero-order valence-corrected chi connectivity index (χ0v) is 19.9. The van der Waals surface area contributed by atoms with Gasteiger partial charge in [0, 0.05) is 43.6 Å². The van der Waals surface area contributed by atoms with Gasteiger partial charge in [0.15, 0.2) is 0 Å². The van der Waals surface area contributed by atoms with Crippen LogP contribution in [-0.4, -0.2) is 65.2 Å². The minimum atomic E-state index is 0.116. The van der Waals surface area contributed by atoms with Crippen molar-refractivity contribution < 1.29 is 4.74 Å². The van der Waals surface area contributed by atoms with Crippen LogP contribution in [0.3, 0.4) is 0 Å². The quantitative estimate of drug-likeness (QED) is 0.575. The Kier molecular flexibility index (Phi) is 6.31. The molecule has 1 fully saturated rings. The van der Waals surface area contributed by atoms with Gasteiger partial charge in [0.1, 0.15) is 10.6 Å². The van der Waals surface area contributed by atoms with Gasteiger partial charge in [0.2, 0.25) is 0 Å². The van der Waals surface area contributed by atoms with E-state index in [2.05, 4.69) is 27.8 Å². The van der Waals surface area contributed by atoms with Gasteiger partial charge in [-0.15, -0.1) is 11.3 Å². The molecule has 0 radical (unpaired) electrons. The van der Waals surface area contributed by atoms with Gasteiger partial charge in [0.05, 0.1) is 18.8 Å². The van der Waals surface area contributed by atoms with Crippen LogP contribution in [-0.2, 0) is 25.8 Å². The molecule has 0 bridgehead atoms. The van der Waals surface area contributed by atoms with Crippen LogP contribution in [0.25, 0.3) is 10.2 Å². The lowest BCUT2D eigenvalue weighted by Crippen LogP contribution is -2.51. The number of thiophene rings is 1. The second kappa shape index (κ2) is 9.33. The molecule has 1 aliphatic carbocycles. The number of nitrogens with zero attached hydrogens (tertiary/aromatic N) is 4. The average molecular weight is 453 g/mol. The summed E-state index contributed by atoms with van der Waals surface area (Å²) in [7, 11) is 1.68. The summed E-state index contributed by atoms with van der Waals surface area (Å²) in [5.41, 5.74) is 2.54. The van der Waals surface area contributed by atoms with Crippen LogP contribution in [0.4, 0.5) is 0 Å². The van der Waals surface area contributed by atoms with E-state index in [9.17, 15) is 4.79 Å². The first-order chi connectivity index (χ1) is 15.7. The van der Waals surface area contributed by atoms with E-state index in [-0.39, 0.29) is 5.56 Å². The summed E-state index contributed by atoms with van der Waals surface area (Å²) in [6.45, 7) is 8.69. The van der Waals surface area contributed by atoms with Gasteiger partial charge in [-0.1, -0.05) is 19.1 Å². The molecular formula is C25H32N4O2S. The fraction of sp³-hybridized carbons (Fsp3) is 0.520. The number of hydrogen-bond acceptors (Lipinski definition) is 6. The molecule has 0 spiro atoms. The Morgan fingerprint density at radius 2 is 2.06 bits per heavy atom. The molecule has 2 aliphatic rings. The third-order valence-electron chi connectivity index (χ3n) is 7.16. The number of benzene rings is 1. The second-order valence-corrected chi connectivity index (χ2v) is 9.98. The molecule has 1 saturated heterocycles. The van der Waals surface area contributed by atoms with Crippen LogP contribution in [0.1, 0.15) is 29.3 Å². The van der Waals surface area contributed by atoms with Crippen molar-refractivity contribution in [3.63, 3.8) is 0 Å². The number of fused-ring (bicyclic) bond motifs is 3. The van der Waals surface area contributed by atoms with Gasteiger partial charge in [0.25, 0.3) is 5.56 Å². The molecule has 3 heterocycles. The maximum atomic E-state index is 13.3. The highest BCUT2D eigenvalue weighted by molar-refractivity contribution is 7.18. The lowest BCUT2D eigenvalue weighted by Gasteiger charge is -2.40. The summed E-state index contributed by atoms with van der Waals surface area (Å²) < 4.78 is 7.10. The molecule has 3 aromatic rings. The van der Waals surface area contributed by atoms with Gasteiger partial charge in [-0.3, -0.25) is 14.3 Å². The normalized spacial score (nSPS) is 19.9. The predicted octanol–water partition coefficient (Wildman–Crippen LogP) is 3.20. The van der Waals surface area contributed by atoms with Crippen molar-refractivity contribution in [2.24, 2.45) is 0 Å². The van der Waals surface area contributed by atoms with Crippen LogP contribution in [0.2, 0.25) is 0 Å². The molecule has 0 saturated carbocycles. The number of aromatic nitrogens is 2. The third-order valence-corrected chi connectivity index (χ3v) is 8.32. The second-order valence-electron chi connectivity index (χ2n) is 8.90. The van der Waals surface area contributed by atoms with E-state index < -0.39 is 0 Å². The largest absolute Gasteiger partial charge is 0.497 e. The number of hydrogen-bond donors (Lipinski definition) is 0. The minimum Gasteiger partial charge on any atom is -0.497 e. The van der Waals surface area contributed by atoms with Crippen LogP contribution < -0.4 is 10.3 Å². The van der Waals surface area contributed by atoms with E-state index in [1.54, 1.807) is 29.3 Å². The molecule has 6 nitrogen and oxygen atoms in total. The number of piperazine rings is 1. The fourth-order valence-corrected chi connectivity index (χ4v) is 6.43. The lowest BCUT2D eigenvalue weighted by molar-refractivity contribution is 0.0932. The summed E-state index contributed by atoms with van der Waals surface area (Å²) >= 11 is 1.74. The average Bonchev–Trinajstić information content (AvgIpc) is 3.22. The molecule has 5 rings (SSSR count). The first kappa shape index (κ1) is 21.6. The van der Waals surface area contributed by atoms with Gasteiger partial charge in [-0.05, 0) is 55.5 Å². The SMILES string of the molecule is CCN1CCN(C2CCc3c(sc4ncn(CCc5cccc(OC)c5)c(=O)c34)C2)CC1. The van der Waals surface area contributed by atoms with Crippen molar-refractivity contribution in [1.82, 2.24) is 19.4 Å². The summed E-state index contributed by atoms with van der Waals surface area (Å²) in [6.07, 6.45) is 5.70. The monoisotopic (exact) mass is 452 g/mol. The van der Waals surface area contributed by atoms with Crippen molar-refractivity contribution in [3.05, 3.63) is 57.0 Å². The molecule has 7 heteroatoms. The van der Waals surface area contributed by atoms with Gasteiger partial charge < -0.3 is 9.64 Å². The fourth-order valence-electron chi connectivity index (χ4n) is 5.18. The molecule has 1 atom stereocenters. The summed E-state index contributed by atoms with van der Waals surface area (Å²) in [5, 5.41) is 0.868. The van der Waals surface area contributed by atoms with Crippen molar-refractivity contribution in [2.75, 3.05) is 39.8 Å². The highest BCUT2D eigenvalue weighted by atomic mass is 32.1. The molecule has 0 amide bonds. The maximum Gasteiger partial charge on any atom is 0.262 e. The predicted molar refractivity (Wildman–Crippen MR) is 130 cm³/mol. The van der Waals surface area contributed by atoms with Crippen LogP contribution in [0, 0.1) is 0 Å². The zero-order valence-electron chi connectivity index (χ0n) is 19.0. The maximum absolute atomic E-state index is 13.3. The molecular weight excluding hydrogens is 420 g/mol. The number of ether oxygens (including phenoxy) is 1. The Morgan fingerprint density at radius 3 is 2.84 bits per heavy atom. The van der Waals surface area contributed by atoms with E-state index in [1.807, 2.05) is 18.2 Å². The first-order valence-electron chi connectivity index (χ1n) is 11.7. The lowest BCUT2D eigenvalue weighted by atomic mass is 9.91. The molecule has 1 unspecified atom stereocenters. The van der Waals surface area contributed by atoms with E-state index in [0.29, 0.717) is 12.6 Å². The van der Waals surface area contributed by atoms with Crippen molar-refractivity contribution in [3.8, 4) is 5.75 Å². The zero-order chi connectivity index (χ0) is 22.1. The minimum absolute atomic E-state index is 0.116. The standard InChI is InChI=1S/C25H32N4O2S/c1-3-27-11-13-28(14-12-27)19-7-8-21-22(16-19)32-24-23(21)25(30)29(17-26-24)10-9-18-5-4-6-20(15-18)31-2/h4-6,15,17,19H,3,7-14,16H2,1-2H3. The van der Waals surface area contributed by atoms with Crippen LogP contribution >= 0.6 is 11.3 Å². The Hall–Kier alpha value is -2.22. The van der Waals surface area contributed by atoms with Crippen molar-refractivity contribution in [2.45, 2.75) is 45.2 Å². The smallest absolute Gasteiger partial charge is 0.262 e. The Bertz CT molecular complexity index is 1150. The van der Waals surface area contributed by atoms with Crippen molar-refractivity contribution in [1.29, 1.82) is 0 Å². The third kappa shape index (κ3) is 4.21. The summed E-state index contributed by atoms with van der Waals surface area (Å²) in [5.74, 6) is 0.848. The van der Waals surface area contributed by atoms with E-state index >= 15 is 0 Å². The molecule has 0 N–H and O–H groups in total. The molecule has 1 aromatic carbocycles. The Labute approximate surface area is 193 Å². The first-order valence-corrected chi connectivity index (χ1v) is 12.6.